The first-order chi connectivity index (χ1) is 7.51. The van der Waals surface area contributed by atoms with E-state index in [0.29, 0.717) is 18.9 Å². The Morgan fingerprint density at radius 3 is 2.38 bits per heavy atom. The van der Waals surface area contributed by atoms with Crippen LogP contribution >= 0.6 is 0 Å². The van der Waals surface area contributed by atoms with E-state index in [9.17, 15) is 9.59 Å². The first-order valence-electron chi connectivity index (χ1n) is 5.59. The van der Waals surface area contributed by atoms with Gasteiger partial charge in [0, 0.05) is 13.7 Å². The number of carbonyl (C=O) groups is 2. The Morgan fingerprint density at radius 1 is 1.31 bits per heavy atom. The summed E-state index contributed by atoms with van der Waals surface area (Å²) in [5, 5.41) is 5.20. The fraction of sp³-hybridized carbons (Fsp3) is 0.818. The maximum atomic E-state index is 11.5. The van der Waals surface area contributed by atoms with Crippen molar-refractivity contribution in [1.29, 1.82) is 0 Å². The number of rotatable bonds is 7. The van der Waals surface area contributed by atoms with Gasteiger partial charge in [-0.15, -0.1) is 0 Å². The lowest BCUT2D eigenvalue weighted by Gasteiger charge is -2.18. The van der Waals surface area contributed by atoms with E-state index in [-0.39, 0.29) is 18.4 Å². The summed E-state index contributed by atoms with van der Waals surface area (Å²) in [6, 6.07) is -0.474. The number of hydrogen-bond acceptors (Lipinski definition) is 3. The molecule has 0 spiro atoms. The third kappa shape index (κ3) is 6.40. The summed E-state index contributed by atoms with van der Waals surface area (Å²) in [7, 11) is 1.56. The fourth-order valence-corrected chi connectivity index (χ4v) is 1.31. The molecule has 16 heavy (non-hydrogen) atoms. The molecule has 0 saturated carbocycles. The van der Waals surface area contributed by atoms with Gasteiger partial charge < -0.3 is 15.4 Å². The molecule has 1 unspecified atom stereocenters. The Morgan fingerprint density at radius 2 is 1.94 bits per heavy atom. The van der Waals surface area contributed by atoms with Crippen molar-refractivity contribution in [2.24, 2.45) is 5.92 Å². The molecule has 0 aromatic rings. The average Bonchev–Trinajstić information content (AvgIpc) is 2.23. The highest BCUT2D eigenvalue weighted by Crippen LogP contribution is 2.04. The standard InChI is InChI=1S/C11H22N2O3/c1-5-16-7-10(14)13-9(6-8(2)3)11(15)12-4/h8-9H,5-7H2,1-4H3,(H,12,15)(H,13,14). The summed E-state index contributed by atoms with van der Waals surface area (Å²) in [5.41, 5.74) is 0. The van der Waals surface area contributed by atoms with Crippen LogP contribution in [0, 0.1) is 5.92 Å². The van der Waals surface area contributed by atoms with Gasteiger partial charge in [0.15, 0.2) is 0 Å². The van der Waals surface area contributed by atoms with Gasteiger partial charge in [0.25, 0.3) is 0 Å². The monoisotopic (exact) mass is 230 g/mol. The van der Waals surface area contributed by atoms with Gasteiger partial charge in [-0.25, -0.2) is 0 Å². The number of ether oxygens (including phenoxy) is 1. The van der Waals surface area contributed by atoms with Crippen LogP contribution in [-0.2, 0) is 14.3 Å². The molecule has 0 radical (unpaired) electrons. The van der Waals surface area contributed by atoms with Crippen molar-refractivity contribution in [3.63, 3.8) is 0 Å². The molecule has 0 rings (SSSR count). The van der Waals surface area contributed by atoms with Crippen LogP contribution in [0.3, 0.4) is 0 Å². The van der Waals surface area contributed by atoms with Crippen LogP contribution in [0.15, 0.2) is 0 Å². The summed E-state index contributed by atoms with van der Waals surface area (Å²) in [5.74, 6) is -0.0793. The number of likely N-dealkylation sites (N-methyl/N-ethyl adjacent to an activating group) is 1. The first-order valence-corrected chi connectivity index (χ1v) is 5.59. The molecule has 0 aliphatic heterocycles. The third-order valence-electron chi connectivity index (χ3n) is 2.04. The van der Waals surface area contributed by atoms with E-state index >= 15 is 0 Å². The zero-order valence-electron chi connectivity index (χ0n) is 10.5. The maximum Gasteiger partial charge on any atom is 0.246 e. The van der Waals surface area contributed by atoms with Crippen molar-refractivity contribution in [3.8, 4) is 0 Å². The van der Waals surface area contributed by atoms with Crippen molar-refractivity contribution in [2.75, 3.05) is 20.3 Å². The summed E-state index contributed by atoms with van der Waals surface area (Å²) in [6.45, 7) is 6.32. The van der Waals surface area contributed by atoms with Crippen LogP contribution in [0.4, 0.5) is 0 Å². The molecular weight excluding hydrogens is 208 g/mol. The number of carbonyl (C=O) groups excluding carboxylic acids is 2. The van der Waals surface area contributed by atoms with Gasteiger partial charge in [-0.2, -0.15) is 0 Å². The van der Waals surface area contributed by atoms with E-state index in [1.165, 1.54) is 0 Å². The van der Waals surface area contributed by atoms with Crippen LogP contribution in [0.5, 0.6) is 0 Å². The van der Waals surface area contributed by atoms with Crippen LogP contribution < -0.4 is 10.6 Å². The predicted octanol–water partition coefficient (Wildman–Crippen LogP) is 0.300. The van der Waals surface area contributed by atoms with E-state index in [4.69, 9.17) is 4.74 Å². The summed E-state index contributed by atoms with van der Waals surface area (Å²) in [6.07, 6.45) is 0.623. The Labute approximate surface area is 96.9 Å². The van der Waals surface area contributed by atoms with Gasteiger partial charge in [-0.1, -0.05) is 13.8 Å². The van der Waals surface area contributed by atoms with Gasteiger partial charge >= 0.3 is 0 Å². The zero-order valence-corrected chi connectivity index (χ0v) is 10.5. The highest BCUT2D eigenvalue weighted by molar-refractivity contribution is 5.87. The Hall–Kier alpha value is -1.10. The molecule has 0 aromatic heterocycles. The lowest BCUT2D eigenvalue weighted by Crippen LogP contribution is -2.47. The highest BCUT2D eigenvalue weighted by Gasteiger charge is 2.20. The Kier molecular flexibility index (Phi) is 7.54. The largest absolute Gasteiger partial charge is 0.372 e. The molecule has 0 aromatic carbocycles. The van der Waals surface area contributed by atoms with Gasteiger partial charge in [0.2, 0.25) is 11.8 Å². The SMILES string of the molecule is CCOCC(=O)NC(CC(C)C)C(=O)NC. The normalized spacial score (nSPS) is 12.3. The Bertz CT molecular complexity index is 229. The van der Waals surface area contributed by atoms with Gasteiger partial charge in [0.1, 0.15) is 12.6 Å². The zero-order chi connectivity index (χ0) is 12.6. The molecule has 2 N–H and O–H groups in total. The van der Waals surface area contributed by atoms with E-state index in [0.717, 1.165) is 0 Å². The summed E-state index contributed by atoms with van der Waals surface area (Å²) >= 11 is 0. The Balaban J connectivity index is 4.19. The molecule has 2 amide bonds. The molecule has 5 heteroatoms. The second-order valence-electron chi connectivity index (χ2n) is 4.00. The maximum absolute atomic E-state index is 11.5. The van der Waals surface area contributed by atoms with Crippen LogP contribution in [0.2, 0.25) is 0 Å². The van der Waals surface area contributed by atoms with Crippen molar-refractivity contribution in [3.05, 3.63) is 0 Å². The van der Waals surface area contributed by atoms with Crippen molar-refractivity contribution >= 4 is 11.8 Å². The molecule has 0 fully saturated rings. The minimum absolute atomic E-state index is 0.00207. The molecule has 0 heterocycles. The molecule has 5 nitrogen and oxygen atoms in total. The smallest absolute Gasteiger partial charge is 0.246 e. The topological polar surface area (TPSA) is 67.4 Å². The van der Waals surface area contributed by atoms with Crippen LogP contribution in [0.1, 0.15) is 27.2 Å². The predicted molar refractivity (Wildman–Crippen MR) is 61.9 cm³/mol. The lowest BCUT2D eigenvalue weighted by molar-refractivity contribution is -0.131. The van der Waals surface area contributed by atoms with Crippen LogP contribution in [0.25, 0.3) is 0 Å². The quantitative estimate of drug-likeness (QED) is 0.661. The van der Waals surface area contributed by atoms with E-state index in [1.807, 2.05) is 20.8 Å². The number of hydrogen-bond donors (Lipinski definition) is 2. The molecule has 1 atom stereocenters. The first kappa shape index (κ1) is 14.9. The molecule has 0 saturated heterocycles. The van der Waals surface area contributed by atoms with E-state index < -0.39 is 6.04 Å². The molecule has 0 aliphatic rings. The van der Waals surface area contributed by atoms with Gasteiger partial charge in [-0.05, 0) is 19.3 Å². The minimum Gasteiger partial charge on any atom is -0.372 e. The third-order valence-corrected chi connectivity index (χ3v) is 2.04. The molecule has 0 bridgehead atoms. The summed E-state index contributed by atoms with van der Waals surface area (Å²) in [4.78, 5) is 22.9. The van der Waals surface area contributed by atoms with E-state index in [2.05, 4.69) is 10.6 Å². The molecular formula is C11H22N2O3. The van der Waals surface area contributed by atoms with Crippen molar-refractivity contribution in [1.82, 2.24) is 10.6 Å². The van der Waals surface area contributed by atoms with Gasteiger partial charge in [0.05, 0.1) is 0 Å². The van der Waals surface area contributed by atoms with Crippen molar-refractivity contribution < 1.29 is 14.3 Å². The van der Waals surface area contributed by atoms with Crippen LogP contribution in [-0.4, -0.2) is 38.1 Å². The second kappa shape index (κ2) is 8.10. The van der Waals surface area contributed by atoms with Gasteiger partial charge in [-0.3, -0.25) is 9.59 Å². The molecule has 94 valence electrons. The fourth-order valence-electron chi connectivity index (χ4n) is 1.31. The number of nitrogens with one attached hydrogen (secondary N) is 2. The summed E-state index contributed by atoms with van der Waals surface area (Å²) < 4.78 is 4.97. The van der Waals surface area contributed by atoms with Crippen molar-refractivity contribution in [2.45, 2.75) is 33.2 Å². The molecule has 0 aliphatic carbocycles. The second-order valence-corrected chi connectivity index (χ2v) is 4.00. The highest BCUT2D eigenvalue weighted by atomic mass is 16.5. The lowest BCUT2D eigenvalue weighted by atomic mass is 10.0. The van der Waals surface area contributed by atoms with E-state index in [1.54, 1.807) is 7.05 Å². The minimum atomic E-state index is -0.474. The number of amides is 2. The average molecular weight is 230 g/mol.